The van der Waals surface area contributed by atoms with Crippen molar-refractivity contribution in [2.24, 2.45) is 12.5 Å². The van der Waals surface area contributed by atoms with Gasteiger partial charge in [0.15, 0.2) is 10.6 Å². The molecule has 17 heavy (non-hydrogen) atoms. The van der Waals surface area contributed by atoms with Crippen LogP contribution < -0.4 is 5.32 Å². The van der Waals surface area contributed by atoms with Crippen LogP contribution in [0.2, 0.25) is 0 Å². The first-order chi connectivity index (χ1) is 7.78. The van der Waals surface area contributed by atoms with E-state index in [9.17, 15) is 4.79 Å². The first kappa shape index (κ1) is 12.9. The quantitative estimate of drug-likeness (QED) is 0.659. The number of aromatic nitrogens is 3. The third kappa shape index (κ3) is 2.09. The summed E-state index contributed by atoms with van der Waals surface area (Å²) in [5.41, 5.74) is -0.707. The van der Waals surface area contributed by atoms with Gasteiger partial charge in [-0.05, 0) is 25.6 Å². The number of rotatable bonds is 3. The van der Waals surface area contributed by atoms with E-state index in [1.807, 2.05) is 0 Å². The van der Waals surface area contributed by atoms with Gasteiger partial charge in [0.05, 0.1) is 12.0 Å². The summed E-state index contributed by atoms with van der Waals surface area (Å²) in [5, 5.41) is 9.39. The van der Waals surface area contributed by atoms with E-state index >= 15 is 0 Å². The summed E-state index contributed by atoms with van der Waals surface area (Å²) < 4.78 is 1.25. The van der Waals surface area contributed by atoms with Gasteiger partial charge in [-0.15, -0.1) is 23.2 Å². The Morgan fingerprint density at radius 1 is 1.71 bits per heavy atom. The van der Waals surface area contributed by atoms with Crippen LogP contribution in [0.5, 0.6) is 0 Å². The van der Waals surface area contributed by atoms with Crippen molar-refractivity contribution < 1.29 is 4.79 Å². The molecule has 1 aliphatic carbocycles. The van der Waals surface area contributed by atoms with Crippen molar-refractivity contribution in [3.63, 3.8) is 0 Å². The Kier molecular flexibility index (Phi) is 3.00. The first-order valence-electron chi connectivity index (χ1n) is 5.04. The standard InChI is InChI=1S/C9H12Cl2N4OS/c1-8(4-9(8,10)11)6(16)12-3-5-13-14-7(17)15(5)2/h3-4H2,1-2H3,(H,12,16)(H,14,17)/t8-/m0/s1. The fourth-order valence-electron chi connectivity index (χ4n) is 1.54. The number of H-pyrrole nitrogens is 1. The van der Waals surface area contributed by atoms with Crippen LogP contribution in [0, 0.1) is 10.2 Å². The lowest BCUT2D eigenvalue weighted by Gasteiger charge is -2.11. The van der Waals surface area contributed by atoms with Gasteiger partial charge >= 0.3 is 0 Å². The van der Waals surface area contributed by atoms with E-state index in [1.54, 1.807) is 18.5 Å². The van der Waals surface area contributed by atoms with Crippen LogP contribution in [-0.4, -0.2) is 25.0 Å². The second-order valence-electron chi connectivity index (χ2n) is 4.40. The van der Waals surface area contributed by atoms with Gasteiger partial charge in [0.25, 0.3) is 0 Å². The van der Waals surface area contributed by atoms with Crippen molar-refractivity contribution in [2.45, 2.75) is 24.2 Å². The minimum Gasteiger partial charge on any atom is -0.348 e. The summed E-state index contributed by atoms with van der Waals surface area (Å²) >= 11 is 16.8. The fraction of sp³-hybridized carbons (Fsp3) is 0.667. The van der Waals surface area contributed by atoms with Crippen molar-refractivity contribution >= 4 is 41.3 Å². The van der Waals surface area contributed by atoms with E-state index in [0.29, 0.717) is 23.6 Å². The molecule has 0 bridgehead atoms. The van der Waals surface area contributed by atoms with Crippen molar-refractivity contribution in [1.82, 2.24) is 20.1 Å². The summed E-state index contributed by atoms with van der Waals surface area (Å²) in [6.07, 6.45) is 0.466. The monoisotopic (exact) mass is 294 g/mol. The number of nitrogens with one attached hydrogen (secondary N) is 2. The van der Waals surface area contributed by atoms with Crippen LogP contribution in [0.25, 0.3) is 0 Å². The maximum absolute atomic E-state index is 11.9. The van der Waals surface area contributed by atoms with Gasteiger partial charge in [-0.1, -0.05) is 0 Å². The zero-order chi connectivity index (χ0) is 12.8. The highest BCUT2D eigenvalue weighted by Crippen LogP contribution is 2.63. The normalized spacial score (nSPS) is 25.6. The Hall–Kier alpha value is -0.590. The number of nitrogens with zero attached hydrogens (tertiary/aromatic N) is 2. The summed E-state index contributed by atoms with van der Waals surface area (Å²) in [5.74, 6) is 0.485. The predicted octanol–water partition coefficient (Wildman–Crippen LogP) is 1.68. The van der Waals surface area contributed by atoms with Gasteiger partial charge in [0, 0.05) is 7.05 Å². The Bertz CT molecular complexity index is 523. The fourth-order valence-corrected chi connectivity index (χ4v) is 2.40. The number of carbonyl (C=O) groups excluding carboxylic acids is 1. The van der Waals surface area contributed by atoms with E-state index in [1.165, 1.54) is 0 Å². The molecule has 8 heteroatoms. The van der Waals surface area contributed by atoms with Gasteiger partial charge in [0.1, 0.15) is 4.33 Å². The van der Waals surface area contributed by atoms with E-state index in [0.717, 1.165) is 0 Å². The summed E-state index contributed by atoms with van der Waals surface area (Å²) in [4.78, 5) is 11.9. The summed E-state index contributed by atoms with van der Waals surface area (Å²) in [7, 11) is 1.78. The van der Waals surface area contributed by atoms with Crippen LogP contribution in [0.4, 0.5) is 0 Å². The molecule has 2 N–H and O–H groups in total. The minimum absolute atomic E-state index is 0.170. The maximum Gasteiger partial charge on any atom is 0.229 e. The SMILES string of the molecule is Cn1c(CNC(=O)[C@]2(C)CC2(Cl)Cl)n[nH]c1=S. The zero-order valence-electron chi connectivity index (χ0n) is 9.38. The lowest BCUT2D eigenvalue weighted by molar-refractivity contribution is -0.126. The number of carbonyl (C=O) groups is 1. The molecule has 0 unspecified atom stereocenters. The van der Waals surface area contributed by atoms with Crippen LogP contribution in [-0.2, 0) is 18.4 Å². The molecular weight excluding hydrogens is 283 g/mol. The Balaban J connectivity index is 1.99. The van der Waals surface area contributed by atoms with Crippen LogP contribution >= 0.6 is 35.4 Å². The average Bonchev–Trinajstić information content (AvgIpc) is 2.60. The Labute approximate surface area is 113 Å². The number of hydrogen-bond acceptors (Lipinski definition) is 3. The van der Waals surface area contributed by atoms with Crippen LogP contribution in [0.15, 0.2) is 0 Å². The van der Waals surface area contributed by atoms with E-state index in [4.69, 9.17) is 35.4 Å². The molecule has 1 saturated carbocycles. The molecule has 1 aromatic heterocycles. The van der Waals surface area contributed by atoms with Gasteiger partial charge in [-0.3, -0.25) is 9.89 Å². The molecular formula is C9H12Cl2N4OS. The lowest BCUT2D eigenvalue weighted by Crippen LogP contribution is -2.33. The molecule has 1 aromatic rings. The molecule has 1 heterocycles. The van der Waals surface area contributed by atoms with E-state index in [-0.39, 0.29) is 5.91 Å². The second-order valence-corrected chi connectivity index (χ2v) is 6.27. The van der Waals surface area contributed by atoms with Crippen molar-refractivity contribution in [3.05, 3.63) is 10.6 Å². The average molecular weight is 295 g/mol. The molecule has 0 radical (unpaired) electrons. The molecule has 0 spiro atoms. The molecule has 1 atom stereocenters. The summed E-state index contributed by atoms with van der Waals surface area (Å²) in [6.45, 7) is 2.04. The molecule has 1 fully saturated rings. The third-order valence-corrected chi connectivity index (χ3v) is 4.61. The number of alkyl halides is 2. The molecule has 0 aromatic carbocycles. The minimum atomic E-state index is -0.950. The summed E-state index contributed by atoms with van der Waals surface area (Å²) in [6, 6.07) is 0. The van der Waals surface area contributed by atoms with Crippen LogP contribution in [0.3, 0.4) is 0 Å². The number of aromatic amines is 1. The molecule has 0 aliphatic heterocycles. The third-order valence-electron chi connectivity index (χ3n) is 3.14. The van der Waals surface area contributed by atoms with Crippen molar-refractivity contribution in [2.75, 3.05) is 0 Å². The highest BCUT2D eigenvalue weighted by Gasteiger charge is 2.67. The number of hydrogen-bond donors (Lipinski definition) is 2. The predicted molar refractivity (Wildman–Crippen MR) is 67.4 cm³/mol. The molecule has 0 saturated heterocycles. The highest BCUT2D eigenvalue weighted by atomic mass is 35.5. The van der Waals surface area contributed by atoms with Crippen molar-refractivity contribution in [3.8, 4) is 0 Å². The molecule has 1 aliphatic rings. The topological polar surface area (TPSA) is 62.7 Å². The van der Waals surface area contributed by atoms with E-state index in [2.05, 4.69) is 15.5 Å². The van der Waals surface area contributed by atoms with Crippen LogP contribution in [0.1, 0.15) is 19.2 Å². The van der Waals surface area contributed by atoms with Gasteiger partial charge in [0.2, 0.25) is 5.91 Å². The Morgan fingerprint density at radius 2 is 2.29 bits per heavy atom. The largest absolute Gasteiger partial charge is 0.348 e. The maximum atomic E-state index is 11.9. The molecule has 5 nitrogen and oxygen atoms in total. The van der Waals surface area contributed by atoms with Gasteiger partial charge in [-0.2, -0.15) is 5.10 Å². The first-order valence-corrected chi connectivity index (χ1v) is 6.21. The zero-order valence-corrected chi connectivity index (χ0v) is 11.7. The molecule has 94 valence electrons. The van der Waals surface area contributed by atoms with Crippen molar-refractivity contribution in [1.29, 1.82) is 0 Å². The lowest BCUT2D eigenvalue weighted by atomic mass is 10.1. The second kappa shape index (κ2) is 3.96. The highest BCUT2D eigenvalue weighted by molar-refractivity contribution is 7.71. The number of halogens is 2. The Morgan fingerprint density at radius 3 is 2.71 bits per heavy atom. The molecule has 2 rings (SSSR count). The number of amides is 1. The molecule has 1 amide bonds. The van der Waals surface area contributed by atoms with Gasteiger partial charge in [-0.25, -0.2) is 0 Å². The van der Waals surface area contributed by atoms with Gasteiger partial charge < -0.3 is 9.88 Å². The van der Waals surface area contributed by atoms with E-state index < -0.39 is 9.75 Å². The smallest absolute Gasteiger partial charge is 0.229 e.